The maximum absolute atomic E-state index is 12.5. The van der Waals surface area contributed by atoms with E-state index in [1.165, 1.54) is 0 Å². The lowest BCUT2D eigenvalue weighted by molar-refractivity contribution is 0.317. The Morgan fingerprint density at radius 3 is 2.79 bits per heavy atom. The highest BCUT2D eigenvalue weighted by Gasteiger charge is 2.33. The molecule has 3 aromatic rings. The minimum atomic E-state index is -0.114. The van der Waals surface area contributed by atoms with Crippen LogP contribution in [0.5, 0.6) is 5.88 Å². The van der Waals surface area contributed by atoms with Crippen molar-refractivity contribution in [2.75, 3.05) is 20.2 Å². The molecule has 2 atom stereocenters. The van der Waals surface area contributed by atoms with Gasteiger partial charge in [-0.15, -0.1) is 0 Å². The first kappa shape index (κ1) is 18.6. The molecule has 0 aromatic carbocycles. The van der Waals surface area contributed by atoms with E-state index in [-0.39, 0.29) is 17.5 Å². The fourth-order valence-corrected chi connectivity index (χ4v) is 3.94. The lowest BCUT2D eigenvalue weighted by Crippen LogP contribution is -2.21. The Hall–Kier alpha value is -2.74. The van der Waals surface area contributed by atoms with Gasteiger partial charge in [-0.05, 0) is 25.3 Å². The molecule has 0 aliphatic carbocycles. The van der Waals surface area contributed by atoms with Gasteiger partial charge in [0.15, 0.2) is 5.65 Å². The van der Waals surface area contributed by atoms with Crippen LogP contribution >= 0.6 is 0 Å². The second-order valence-corrected chi connectivity index (χ2v) is 7.86. The number of rotatable bonds is 5. The molecule has 4 rings (SSSR count). The number of nitrogens with one attached hydrogen (secondary N) is 1. The number of aromatic nitrogens is 5. The van der Waals surface area contributed by atoms with E-state index in [1.807, 2.05) is 36.9 Å². The van der Waals surface area contributed by atoms with Crippen molar-refractivity contribution in [1.29, 1.82) is 0 Å². The van der Waals surface area contributed by atoms with Gasteiger partial charge in [-0.25, -0.2) is 14.6 Å². The van der Waals surface area contributed by atoms with Crippen LogP contribution in [0.25, 0.3) is 11.0 Å². The number of hydrogen-bond acceptors (Lipinski definition) is 6. The molecular formula is C20H26N6O2. The molecule has 3 aromatic heterocycles. The van der Waals surface area contributed by atoms with E-state index in [4.69, 9.17) is 9.72 Å². The molecule has 8 nitrogen and oxygen atoms in total. The molecular weight excluding hydrogens is 356 g/mol. The van der Waals surface area contributed by atoms with Crippen LogP contribution in [0.2, 0.25) is 0 Å². The van der Waals surface area contributed by atoms with E-state index in [1.54, 1.807) is 13.3 Å². The first-order chi connectivity index (χ1) is 13.5. The van der Waals surface area contributed by atoms with E-state index >= 15 is 0 Å². The Kier molecular flexibility index (Phi) is 4.89. The Bertz CT molecular complexity index is 1020. The molecule has 148 valence electrons. The largest absolute Gasteiger partial charge is 0.481 e. The summed E-state index contributed by atoms with van der Waals surface area (Å²) in [4.78, 5) is 27.0. The van der Waals surface area contributed by atoms with Gasteiger partial charge in [0.1, 0.15) is 11.2 Å². The first-order valence-corrected chi connectivity index (χ1v) is 9.65. The number of hydrogen-bond donors (Lipinski definition) is 1. The van der Waals surface area contributed by atoms with E-state index in [0.29, 0.717) is 22.8 Å². The van der Waals surface area contributed by atoms with Crippen molar-refractivity contribution in [3.8, 4) is 5.88 Å². The molecule has 1 aliphatic rings. The summed E-state index contributed by atoms with van der Waals surface area (Å²) in [6.45, 7) is 8.89. The lowest BCUT2D eigenvalue weighted by Gasteiger charge is -2.16. The summed E-state index contributed by atoms with van der Waals surface area (Å²) in [7, 11) is 1.62. The highest BCUT2D eigenvalue weighted by atomic mass is 16.5. The average molecular weight is 382 g/mol. The summed E-state index contributed by atoms with van der Waals surface area (Å²) < 4.78 is 6.94. The van der Waals surface area contributed by atoms with Crippen molar-refractivity contribution < 1.29 is 4.74 Å². The molecule has 1 saturated heterocycles. The summed E-state index contributed by atoms with van der Waals surface area (Å²) in [6, 6.07) is 4.07. The topological polar surface area (TPSA) is 88.9 Å². The van der Waals surface area contributed by atoms with E-state index < -0.39 is 0 Å². The summed E-state index contributed by atoms with van der Waals surface area (Å²) in [5.41, 5.74) is 1.69. The summed E-state index contributed by atoms with van der Waals surface area (Å²) in [5, 5.41) is 4.88. The number of pyridine rings is 1. The zero-order valence-corrected chi connectivity index (χ0v) is 16.7. The lowest BCUT2D eigenvalue weighted by atomic mass is 9.97. The van der Waals surface area contributed by atoms with E-state index in [0.717, 1.165) is 31.0 Å². The molecule has 8 heteroatoms. The van der Waals surface area contributed by atoms with Gasteiger partial charge in [0, 0.05) is 43.9 Å². The Morgan fingerprint density at radius 2 is 2.11 bits per heavy atom. The van der Waals surface area contributed by atoms with Gasteiger partial charge in [-0.2, -0.15) is 5.10 Å². The Morgan fingerprint density at radius 1 is 1.29 bits per heavy atom. The molecule has 28 heavy (non-hydrogen) atoms. The van der Waals surface area contributed by atoms with Crippen LogP contribution < -0.4 is 10.3 Å². The minimum Gasteiger partial charge on any atom is -0.481 e. The number of nitrogens with zero attached hydrogens (tertiary/aromatic N) is 5. The van der Waals surface area contributed by atoms with Crippen molar-refractivity contribution in [3.05, 3.63) is 46.3 Å². The van der Waals surface area contributed by atoms with Gasteiger partial charge in [0.05, 0.1) is 13.3 Å². The van der Waals surface area contributed by atoms with Crippen molar-refractivity contribution >= 4 is 11.0 Å². The predicted molar refractivity (Wildman–Crippen MR) is 107 cm³/mol. The zero-order chi connectivity index (χ0) is 19.8. The van der Waals surface area contributed by atoms with Crippen molar-refractivity contribution in [3.63, 3.8) is 0 Å². The van der Waals surface area contributed by atoms with Crippen LogP contribution in [-0.2, 0) is 6.54 Å². The number of H-pyrrole nitrogens is 1. The van der Waals surface area contributed by atoms with Crippen LogP contribution in [-0.4, -0.2) is 49.8 Å². The fourth-order valence-electron chi connectivity index (χ4n) is 3.94. The third-order valence-electron chi connectivity index (χ3n) is 5.42. The van der Waals surface area contributed by atoms with Crippen molar-refractivity contribution in [2.45, 2.75) is 39.3 Å². The van der Waals surface area contributed by atoms with Gasteiger partial charge in [-0.3, -0.25) is 9.69 Å². The SMILES string of the molecule is COc1ccc(CN2CC(C)C(c3nc4c(cnn4C(C)C)c(=O)[nH]3)C2)cn1. The third kappa shape index (κ3) is 3.40. The Labute approximate surface area is 163 Å². The zero-order valence-electron chi connectivity index (χ0n) is 16.7. The number of fused-ring (bicyclic) bond motifs is 1. The van der Waals surface area contributed by atoms with Gasteiger partial charge in [0.25, 0.3) is 5.56 Å². The molecule has 0 saturated carbocycles. The van der Waals surface area contributed by atoms with Crippen LogP contribution in [0, 0.1) is 5.92 Å². The standard InChI is InChI=1S/C20H26N6O2/c1-12(2)26-19-15(8-22-26)20(27)24-18(23-19)16-11-25(9-13(16)3)10-14-5-6-17(28-4)21-7-14/h5-8,12-13,16H,9-11H2,1-4H3,(H,23,24,27). The van der Waals surface area contributed by atoms with Crippen molar-refractivity contribution in [2.24, 2.45) is 5.92 Å². The summed E-state index contributed by atoms with van der Waals surface area (Å²) in [6.07, 6.45) is 3.45. The first-order valence-electron chi connectivity index (χ1n) is 9.65. The number of aromatic amines is 1. The normalized spacial score (nSPS) is 20.3. The monoisotopic (exact) mass is 382 g/mol. The molecule has 0 radical (unpaired) electrons. The molecule has 1 aliphatic heterocycles. The molecule has 0 bridgehead atoms. The van der Waals surface area contributed by atoms with Crippen LogP contribution in [0.4, 0.5) is 0 Å². The van der Waals surface area contributed by atoms with Crippen LogP contribution in [0.3, 0.4) is 0 Å². The molecule has 0 spiro atoms. The van der Waals surface area contributed by atoms with E-state index in [9.17, 15) is 4.79 Å². The average Bonchev–Trinajstić information content (AvgIpc) is 3.26. The maximum atomic E-state index is 12.5. The fraction of sp³-hybridized carbons (Fsp3) is 0.500. The third-order valence-corrected chi connectivity index (χ3v) is 5.42. The highest BCUT2D eigenvalue weighted by molar-refractivity contribution is 5.73. The number of likely N-dealkylation sites (tertiary alicyclic amines) is 1. The predicted octanol–water partition coefficient (Wildman–Crippen LogP) is 2.34. The number of ether oxygens (including phenoxy) is 1. The Balaban J connectivity index is 1.57. The quantitative estimate of drug-likeness (QED) is 0.729. The minimum absolute atomic E-state index is 0.114. The van der Waals surface area contributed by atoms with E-state index in [2.05, 4.69) is 26.9 Å². The van der Waals surface area contributed by atoms with Gasteiger partial charge in [-0.1, -0.05) is 13.0 Å². The molecule has 1 N–H and O–H groups in total. The second kappa shape index (κ2) is 7.35. The molecule has 1 fully saturated rings. The highest BCUT2D eigenvalue weighted by Crippen LogP contribution is 2.31. The van der Waals surface area contributed by atoms with Crippen molar-refractivity contribution in [1.82, 2.24) is 29.6 Å². The second-order valence-electron chi connectivity index (χ2n) is 7.86. The van der Waals surface area contributed by atoms with Gasteiger partial charge < -0.3 is 9.72 Å². The van der Waals surface area contributed by atoms with Crippen LogP contribution in [0.1, 0.15) is 44.1 Å². The molecule has 2 unspecified atom stereocenters. The molecule has 0 amide bonds. The van der Waals surface area contributed by atoms with Gasteiger partial charge >= 0.3 is 0 Å². The number of methoxy groups -OCH3 is 1. The van der Waals surface area contributed by atoms with Gasteiger partial charge in [0.2, 0.25) is 5.88 Å². The summed E-state index contributed by atoms with van der Waals surface area (Å²) in [5.74, 6) is 1.94. The molecule has 4 heterocycles. The van der Waals surface area contributed by atoms with Crippen LogP contribution in [0.15, 0.2) is 29.3 Å². The smallest absolute Gasteiger partial charge is 0.262 e. The maximum Gasteiger partial charge on any atom is 0.262 e. The summed E-state index contributed by atoms with van der Waals surface area (Å²) >= 11 is 0.